The van der Waals surface area contributed by atoms with Crippen molar-refractivity contribution in [2.75, 3.05) is 4.90 Å². The number of carbonyl (C=O) groups excluding carboxylic acids is 4. The normalized spacial score (nSPS) is 24.4. The van der Waals surface area contributed by atoms with Crippen LogP contribution in [-0.2, 0) is 23.9 Å². The van der Waals surface area contributed by atoms with E-state index >= 15 is 0 Å². The molecule has 7 heteroatoms. The van der Waals surface area contributed by atoms with E-state index in [0.717, 1.165) is 18.4 Å². The van der Waals surface area contributed by atoms with Gasteiger partial charge in [-0.2, -0.15) is 0 Å². The molecule has 0 N–H and O–H groups in total. The summed E-state index contributed by atoms with van der Waals surface area (Å²) in [4.78, 5) is 54.4. The number of benzene rings is 2. The summed E-state index contributed by atoms with van der Waals surface area (Å²) in [6.07, 6.45) is 3.97. The standard InChI is InChI=1S/C33H37NO6/c1-22(2)12-11-13-23(3)18-30-33(21-31(37)40-30)20-28(39-24(4)35)27(19-29(33)36)34(26-16-9-6-10-17-26)32(38)25-14-7-5-8-15-25/h5-10,12,14-18,27-28,30H,11,13,19-21H2,1-4H3/b23-18+/t27-,28-,30+,33?/m0/s1. The lowest BCUT2D eigenvalue weighted by molar-refractivity contribution is -0.157. The third-order valence-electron chi connectivity index (χ3n) is 7.66. The zero-order valence-electron chi connectivity index (χ0n) is 23.6. The van der Waals surface area contributed by atoms with Crippen molar-refractivity contribution in [3.8, 4) is 0 Å². The Morgan fingerprint density at radius 1 is 1.00 bits per heavy atom. The molecule has 4 rings (SSSR count). The quantitative estimate of drug-likeness (QED) is 0.300. The SMILES string of the molecule is CC(=O)O[C@H]1CC2(CC(=O)O[C@@H]2/C=C(\C)CCC=C(C)C)C(=O)C[C@@H]1N(C(=O)c1ccccc1)c1ccccc1. The first-order chi connectivity index (χ1) is 19.1. The number of para-hydroxylation sites is 1. The Morgan fingerprint density at radius 3 is 2.27 bits per heavy atom. The van der Waals surface area contributed by atoms with Gasteiger partial charge in [-0.1, -0.05) is 53.6 Å². The van der Waals surface area contributed by atoms with E-state index in [4.69, 9.17) is 9.47 Å². The lowest BCUT2D eigenvalue weighted by atomic mass is 9.65. The third-order valence-corrected chi connectivity index (χ3v) is 7.66. The van der Waals surface area contributed by atoms with Crippen LogP contribution in [0.3, 0.4) is 0 Å². The van der Waals surface area contributed by atoms with Gasteiger partial charge in [-0.3, -0.25) is 19.2 Å². The van der Waals surface area contributed by atoms with Gasteiger partial charge in [0.1, 0.15) is 18.0 Å². The molecule has 1 saturated heterocycles. The van der Waals surface area contributed by atoms with E-state index < -0.39 is 35.6 Å². The molecule has 1 unspecified atom stereocenters. The zero-order valence-corrected chi connectivity index (χ0v) is 23.6. The van der Waals surface area contributed by atoms with Crippen molar-refractivity contribution in [3.05, 3.63) is 89.5 Å². The number of allylic oxidation sites excluding steroid dienone is 3. The molecule has 7 nitrogen and oxygen atoms in total. The topological polar surface area (TPSA) is 90.0 Å². The molecule has 0 bridgehead atoms. The number of amides is 1. The Kier molecular flexibility index (Phi) is 9.03. The maximum atomic E-state index is 14.0. The number of carbonyl (C=O) groups is 4. The second-order valence-electron chi connectivity index (χ2n) is 11.0. The highest BCUT2D eigenvalue weighted by Gasteiger charge is 2.59. The maximum Gasteiger partial charge on any atom is 0.307 e. The van der Waals surface area contributed by atoms with Crippen molar-refractivity contribution < 1.29 is 28.7 Å². The van der Waals surface area contributed by atoms with Crippen molar-refractivity contribution in [1.29, 1.82) is 0 Å². The first-order valence-electron chi connectivity index (χ1n) is 13.7. The molecule has 0 aromatic heterocycles. The van der Waals surface area contributed by atoms with Gasteiger partial charge in [-0.25, -0.2) is 0 Å². The van der Waals surface area contributed by atoms with Crippen LogP contribution in [-0.4, -0.2) is 41.9 Å². The molecular weight excluding hydrogens is 506 g/mol. The summed E-state index contributed by atoms with van der Waals surface area (Å²) in [5, 5.41) is 0. The van der Waals surface area contributed by atoms with Gasteiger partial charge in [0.25, 0.3) is 5.91 Å². The van der Waals surface area contributed by atoms with E-state index in [-0.39, 0.29) is 31.0 Å². The number of anilines is 1. The Bertz CT molecular complexity index is 1310. The lowest BCUT2D eigenvalue weighted by Gasteiger charge is -2.45. The average molecular weight is 544 g/mol. The van der Waals surface area contributed by atoms with Gasteiger partial charge in [0.2, 0.25) is 0 Å². The molecule has 210 valence electrons. The van der Waals surface area contributed by atoms with Crippen LogP contribution in [0.4, 0.5) is 5.69 Å². The van der Waals surface area contributed by atoms with Crippen molar-refractivity contribution in [2.24, 2.45) is 5.41 Å². The number of Topliss-reactive ketones (excluding diaryl/α,β-unsaturated/α-hetero) is 1. The number of ether oxygens (including phenoxy) is 2. The molecule has 1 aliphatic heterocycles. The van der Waals surface area contributed by atoms with Crippen LogP contribution >= 0.6 is 0 Å². The van der Waals surface area contributed by atoms with Gasteiger partial charge in [-0.15, -0.1) is 0 Å². The van der Waals surface area contributed by atoms with Crippen LogP contribution in [0.5, 0.6) is 0 Å². The average Bonchev–Trinajstić information content (AvgIpc) is 3.22. The third kappa shape index (κ3) is 6.41. The Morgan fingerprint density at radius 2 is 1.65 bits per heavy atom. The summed E-state index contributed by atoms with van der Waals surface area (Å²) in [7, 11) is 0. The van der Waals surface area contributed by atoms with Crippen LogP contribution in [0.1, 0.15) is 70.2 Å². The number of nitrogens with zero attached hydrogens (tertiary/aromatic N) is 1. The minimum Gasteiger partial charge on any atom is -0.460 e. The Hall–Kier alpha value is -4.00. The predicted octanol–water partition coefficient (Wildman–Crippen LogP) is 5.99. The number of cyclic esters (lactones) is 1. The Balaban J connectivity index is 1.71. The van der Waals surface area contributed by atoms with E-state index in [1.54, 1.807) is 41.3 Å². The summed E-state index contributed by atoms with van der Waals surface area (Å²) >= 11 is 0. The van der Waals surface area contributed by atoms with Crippen molar-refractivity contribution in [3.63, 3.8) is 0 Å². The highest BCUT2D eigenvalue weighted by atomic mass is 16.6. The molecule has 2 aromatic rings. The van der Waals surface area contributed by atoms with Gasteiger partial charge in [0.15, 0.2) is 0 Å². The molecular formula is C33H37NO6. The van der Waals surface area contributed by atoms with E-state index in [1.807, 2.05) is 51.1 Å². The summed E-state index contributed by atoms with van der Waals surface area (Å²) in [5.74, 6) is -1.45. The molecule has 2 fully saturated rings. The lowest BCUT2D eigenvalue weighted by Crippen LogP contribution is -2.58. The fraction of sp³-hybridized carbons (Fsp3) is 0.394. The minimum atomic E-state index is -1.16. The highest BCUT2D eigenvalue weighted by molar-refractivity contribution is 6.07. The molecule has 40 heavy (non-hydrogen) atoms. The number of hydrogen-bond acceptors (Lipinski definition) is 6. The highest BCUT2D eigenvalue weighted by Crippen LogP contribution is 2.48. The molecule has 1 heterocycles. The number of ketones is 1. The monoisotopic (exact) mass is 543 g/mol. The van der Waals surface area contributed by atoms with Crippen molar-refractivity contribution in [1.82, 2.24) is 0 Å². The van der Waals surface area contributed by atoms with Crippen molar-refractivity contribution in [2.45, 2.75) is 78.0 Å². The van der Waals surface area contributed by atoms with E-state index in [9.17, 15) is 19.2 Å². The van der Waals surface area contributed by atoms with Crippen LogP contribution in [0, 0.1) is 5.41 Å². The van der Waals surface area contributed by atoms with Gasteiger partial charge >= 0.3 is 11.9 Å². The number of rotatable bonds is 8. The molecule has 0 radical (unpaired) electrons. The van der Waals surface area contributed by atoms with Gasteiger partial charge < -0.3 is 14.4 Å². The largest absolute Gasteiger partial charge is 0.460 e. The zero-order chi connectivity index (χ0) is 28.9. The van der Waals surface area contributed by atoms with Crippen LogP contribution in [0.2, 0.25) is 0 Å². The Labute approximate surface area is 235 Å². The number of esters is 2. The fourth-order valence-electron chi connectivity index (χ4n) is 5.72. The molecule has 2 aliphatic rings. The summed E-state index contributed by atoms with van der Waals surface area (Å²) in [5.41, 5.74) is 2.12. The maximum absolute atomic E-state index is 14.0. The minimum absolute atomic E-state index is 0.0790. The summed E-state index contributed by atoms with van der Waals surface area (Å²) in [6, 6.07) is 17.1. The molecule has 1 saturated carbocycles. The summed E-state index contributed by atoms with van der Waals surface area (Å²) in [6.45, 7) is 7.36. The van der Waals surface area contributed by atoms with Gasteiger partial charge in [0.05, 0.1) is 17.9 Å². The van der Waals surface area contributed by atoms with E-state index in [2.05, 4.69) is 6.08 Å². The molecule has 1 spiro atoms. The molecule has 2 aromatic carbocycles. The number of hydrogen-bond donors (Lipinski definition) is 0. The van der Waals surface area contributed by atoms with Crippen LogP contribution in [0.15, 0.2) is 84.0 Å². The second-order valence-corrected chi connectivity index (χ2v) is 11.0. The molecule has 4 atom stereocenters. The van der Waals surface area contributed by atoms with Gasteiger partial charge in [0, 0.05) is 31.0 Å². The smallest absolute Gasteiger partial charge is 0.307 e. The summed E-state index contributed by atoms with van der Waals surface area (Å²) < 4.78 is 11.5. The molecule has 1 amide bonds. The molecule has 1 aliphatic carbocycles. The predicted molar refractivity (Wildman–Crippen MR) is 153 cm³/mol. The van der Waals surface area contributed by atoms with Gasteiger partial charge in [-0.05, 0) is 64.0 Å². The van der Waals surface area contributed by atoms with Crippen molar-refractivity contribution >= 4 is 29.3 Å². The first kappa shape index (κ1) is 29.0. The fourth-order valence-corrected chi connectivity index (χ4v) is 5.72. The van der Waals surface area contributed by atoms with E-state index in [1.165, 1.54) is 12.5 Å². The van der Waals surface area contributed by atoms with Crippen LogP contribution < -0.4 is 4.90 Å². The van der Waals surface area contributed by atoms with Crippen LogP contribution in [0.25, 0.3) is 0 Å². The van der Waals surface area contributed by atoms with E-state index in [0.29, 0.717) is 11.3 Å². The first-order valence-corrected chi connectivity index (χ1v) is 13.7. The second kappa shape index (κ2) is 12.5.